The van der Waals surface area contributed by atoms with Crippen LogP contribution >= 0.6 is 23.2 Å². The van der Waals surface area contributed by atoms with Gasteiger partial charge >= 0.3 is 0 Å². The fourth-order valence-corrected chi connectivity index (χ4v) is 1.51. The number of nitrogens with zero attached hydrogens (tertiary/aromatic N) is 1. The number of benzene rings is 1. The molecule has 1 aromatic carbocycles. The number of hydrogen-bond acceptors (Lipinski definition) is 2. The lowest BCUT2D eigenvalue weighted by molar-refractivity contribution is -0.115. The average Bonchev–Trinajstić information content (AvgIpc) is 2.28. The van der Waals surface area contributed by atoms with Gasteiger partial charge < -0.3 is 10.2 Å². The lowest BCUT2D eigenvalue weighted by atomic mass is 10.1. The summed E-state index contributed by atoms with van der Waals surface area (Å²) in [5.41, 5.74) is 0.730. The molecule has 1 atom stereocenters. The number of nitrogens with one attached hydrogen (secondary N) is 1. The molecule has 0 saturated carbocycles. The molecule has 0 fully saturated rings. The van der Waals surface area contributed by atoms with Gasteiger partial charge in [0.1, 0.15) is 5.38 Å². The number of anilines is 1. The minimum atomic E-state index is -0.689. The molecule has 0 aromatic heterocycles. The van der Waals surface area contributed by atoms with Gasteiger partial charge in [0.05, 0.1) is 11.3 Å². The van der Waals surface area contributed by atoms with Crippen molar-refractivity contribution in [2.45, 2.75) is 12.3 Å². The van der Waals surface area contributed by atoms with E-state index in [0.717, 1.165) is 0 Å². The molecular formula is C12H14Cl2N2O2. The van der Waals surface area contributed by atoms with Crippen LogP contribution in [0.5, 0.6) is 0 Å². The maximum absolute atomic E-state index is 11.9. The Bertz CT molecular complexity index is 473. The van der Waals surface area contributed by atoms with Crippen molar-refractivity contribution in [3.63, 3.8) is 0 Å². The van der Waals surface area contributed by atoms with Gasteiger partial charge in [-0.1, -0.05) is 11.6 Å². The highest BCUT2D eigenvalue weighted by atomic mass is 35.5. The smallest absolute Gasteiger partial charge is 0.255 e. The van der Waals surface area contributed by atoms with E-state index in [1.54, 1.807) is 33.2 Å². The van der Waals surface area contributed by atoms with Crippen LogP contribution < -0.4 is 5.32 Å². The molecule has 18 heavy (non-hydrogen) atoms. The largest absolute Gasteiger partial charge is 0.345 e. The molecule has 0 saturated heterocycles. The zero-order valence-corrected chi connectivity index (χ0v) is 11.8. The zero-order chi connectivity index (χ0) is 13.9. The maximum Gasteiger partial charge on any atom is 0.255 e. The summed E-state index contributed by atoms with van der Waals surface area (Å²) in [6.45, 7) is 1.55. The summed E-state index contributed by atoms with van der Waals surface area (Å²) in [6.07, 6.45) is 0. The third-order valence-electron chi connectivity index (χ3n) is 2.24. The molecule has 0 bridgehead atoms. The average molecular weight is 289 g/mol. The van der Waals surface area contributed by atoms with Crippen molar-refractivity contribution in [3.8, 4) is 0 Å². The van der Waals surface area contributed by atoms with Crippen molar-refractivity contribution < 1.29 is 9.59 Å². The van der Waals surface area contributed by atoms with Gasteiger partial charge in [0.25, 0.3) is 5.91 Å². The van der Waals surface area contributed by atoms with E-state index in [0.29, 0.717) is 16.3 Å². The fourth-order valence-electron chi connectivity index (χ4n) is 1.28. The standard InChI is InChI=1S/C12H14Cl2N2O2/c1-7(13)11(17)15-10-6-8(14)4-5-9(10)12(18)16(2)3/h4-7H,1-3H3,(H,15,17). The maximum atomic E-state index is 11.9. The Hall–Kier alpha value is -1.26. The number of hydrogen-bond donors (Lipinski definition) is 1. The van der Waals surface area contributed by atoms with Gasteiger partial charge in [0.15, 0.2) is 0 Å². The third-order valence-corrected chi connectivity index (χ3v) is 2.67. The first kappa shape index (κ1) is 14.8. The van der Waals surface area contributed by atoms with E-state index in [-0.39, 0.29) is 11.8 Å². The minimum Gasteiger partial charge on any atom is -0.345 e. The Balaban J connectivity index is 3.12. The molecule has 2 amide bonds. The molecule has 1 unspecified atom stereocenters. The second-order valence-corrected chi connectivity index (χ2v) is 5.09. The monoisotopic (exact) mass is 288 g/mol. The minimum absolute atomic E-state index is 0.218. The number of amides is 2. The third kappa shape index (κ3) is 3.62. The van der Waals surface area contributed by atoms with E-state index in [2.05, 4.69) is 5.32 Å². The molecular weight excluding hydrogens is 275 g/mol. The molecule has 98 valence electrons. The van der Waals surface area contributed by atoms with Crippen molar-refractivity contribution in [1.82, 2.24) is 4.90 Å². The Labute approximate surface area is 116 Å². The van der Waals surface area contributed by atoms with Gasteiger partial charge in [0.2, 0.25) is 5.91 Å². The van der Waals surface area contributed by atoms with Gasteiger partial charge in [-0.05, 0) is 25.1 Å². The number of rotatable bonds is 3. The lowest BCUT2D eigenvalue weighted by Gasteiger charge is -2.15. The van der Waals surface area contributed by atoms with Crippen LogP contribution in [-0.2, 0) is 4.79 Å². The molecule has 4 nitrogen and oxygen atoms in total. The molecule has 1 rings (SSSR count). The second kappa shape index (κ2) is 6.07. The van der Waals surface area contributed by atoms with Crippen LogP contribution in [0.15, 0.2) is 18.2 Å². The van der Waals surface area contributed by atoms with Gasteiger partial charge in [0, 0.05) is 19.1 Å². The SMILES string of the molecule is CC(Cl)C(=O)Nc1cc(Cl)ccc1C(=O)N(C)C. The molecule has 6 heteroatoms. The molecule has 0 aliphatic rings. The first-order valence-electron chi connectivity index (χ1n) is 5.29. The summed E-state index contributed by atoms with van der Waals surface area (Å²) >= 11 is 11.5. The highest BCUT2D eigenvalue weighted by molar-refractivity contribution is 6.33. The molecule has 0 radical (unpaired) electrons. The first-order chi connectivity index (χ1) is 8.32. The second-order valence-electron chi connectivity index (χ2n) is 3.99. The topological polar surface area (TPSA) is 49.4 Å². The van der Waals surface area contributed by atoms with E-state index < -0.39 is 5.38 Å². The van der Waals surface area contributed by atoms with Crippen molar-refractivity contribution in [1.29, 1.82) is 0 Å². The van der Waals surface area contributed by atoms with Crippen molar-refractivity contribution in [2.24, 2.45) is 0 Å². The summed E-state index contributed by atoms with van der Waals surface area (Å²) < 4.78 is 0. The van der Waals surface area contributed by atoms with Crippen LogP contribution in [-0.4, -0.2) is 36.2 Å². The van der Waals surface area contributed by atoms with Gasteiger partial charge in [-0.2, -0.15) is 0 Å². The summed E-state index contributed by atoms with van der Waals surface area (Å²) in [6, 6.07) is 4.69. The number of carbonyl (C=O) groups is 2. The van der Waals surface area contributed by atoms with Crippen molar-refractivity contribution >= 4 is 40.7 Å². The Morgan fingerprint density at radius 2 is 1.94 bits per heavy atom. The lowest BCUT2D eigenvalue weighted by Crippen LogP contribution is -2.26. The predicted octanol–water partition coefficient (Wildman–Crippen LogP) is 2.61. The molecule has 0 heterocycles. The molecule has 1 aromatic rings. The molecule has 0 aliphatic heterocycles. The van der Waals surface area contributed by atoms with E-state index in [4.69, 9.17) is 23.2 Å². The van der Waals surface area contributed by atoms with E-state index in [1.807, 2.05) is 0 Å². The fraction of sp³-hybridized carbons (Fsp3) is 0.333. The summed E-state index contributed by atoms with van der Waals surface area (Å²) in [7, 11) is 3.26. The van der Waals surface area contributed by atoms with Crippen LogP contribution in [0.25, 0.3) is 0 Å². The normalized spacial score (nSPS) is 11.8. The van der Waals surface area contributed by atoms with Crippen LogP contribution in [0.3, 0.4) is 0 Å². The molecule has 1 N–H and O–H groups in total. The Morgan fingerprint density at radius 3 is 2.44 bits per heavy atom. The van der Waals surface area contributed by atoms with E-state index in [9.17, 15) is 9.59 Å². The number of halogens is 2. The van der Waals surface area contributed by atoms with Crippen LogP contribution in [0.2, 0.25) is 5.02 Å². The molecule has 0 aliphatic carbocycles. The van der Waals surface area contributed by atoms with E-state index >= 15 is 0 Å². The van der Waals surface area contributed by atoms with Crippen LogP contribution in [0, 0.1) is 0 Å². The summed E-state index contributed by atoms with van der Waals surface area (Å²) in [5, 5.41) is 2.33. The number of alkyl halides is 1. The van der Waals surface area contributed by atoms with Crippen molar-refractivity contribution in [3.05, 3.63) is 28.8 Å². The predicted molar refractivity (Wildman–Crippen MR) is 73.4 cm³/mol. The Kier molecular flexibility index (Phi) is 4.99. The highest BCUT2D eigenvalue weighted by Crippen LogP contribution is 2.22. The van der Waals surface area contributed by atoms with Crippen LogP contribution in [0.1, 0.15) is 17.3 Å². The van der Waals surface area contributed by atoms with Gasteiger partial charge in [-0.25, -0.2) is 0 Å². The van der Waals surface area contributed by atoms with Crippen molar-refractivity contribution in [2.75, 3.05) is 19.4 Å². The summed E-state index contributed by atoms with van der Waals surface area (Å²) in [4.78, 5) is 24.9. The van der Waals surface area contributed by atoms with Gasteiger partial charge in [-0.3, -0.25) is 9.59 Å². The Morgan fingerprint density at radius 1 is 1.33 bits per heavy atom. The molecule has 0 spiro atoms. The van der Waals surface area contributed by atoms with Crippen LogP contribution in [0.4, 0.5) is 5.69 Å². The quantitative estimate of drug-likeness (QED) is 0.869. The summed E-state index contributed by atoms with van der Waals surface area (Å²) in [5.74, 6) is -0.601. The first-order valence-corrected chi connectivity index (χ1v) is 6.10. The zero-order valence-electron chi connectivity index (χ0n) is 10.3. The van der Waals surface area contributed by atoms with Gasteiger partial charge in [-0.15, -0.1) is 11.6 Å². The highest BCUT2D eigenvalue weighted by Gasteiger charge is 2.17. The van der Waals surface area contributed by atoms with E-state index in [1.165, 1.54) is 11.0 Å². The number of carbonyl (C=O) groups excluding carboxylic acids is 2.